The Kier molecular flexibility index (Phi) is 3.77. The zero-order valence-electron chi connectivity index (χ0n) is 10.2. The van der Waals surface area contributed by atoms with Crippen LogP contribution in [0.15, 0.2) is 42.7 Å². The summed E-state index contributed by atoms with van der Waals surface area (Å²) in [5.41, 5.74) is 1.23. The highest BCUT2D eigenvalue weighted by molar-refractivity contribution is 5.94. The number of rotatable bonds is 4. The number of nitrogens with zero attached hydrogens (tertiary/aromatic N) is 1. The van der Waals surface area contributed by atoms with Crippen LogP contribution in [0.2, 0.25) is 0 Å². The minimum atomic E-state index is -0.491. The molecule has 18 heavy (non-hydrogen) atoms. The maximum Gasteiger partial charge on any atom is 0.254 e. The molecule has 2 aromatic rings. The second-order valence-electron chi connectivity index (χ2n) is 4.17. The van der Waals surface area contributed by atoms with Crippen molar-refractivity contribution in [2.75, 3.05) is 6.54 Å². The lowest BCUT2D eigenvalue weighted by Gasteiger charge is -2.05. The molecule has 2 rings (SSSR count). The third-order valence-electron chi connectivity index (χ3n) is 2.71. The van der Waals surface area contributed by atoms with Crippen LogP contribution in [-0.4, -0.2) is 17.0 Å². The predicted molar refractivity (Wildman–Crippen MR) is 67.9 cm³/mol. The predicted octanol–water partition coefficient (Wildman–Crippen LogP) is 2.14. The third kappa shape index (κ3) is 2.97. The number of aromatic nitrogens is 1. The summed E-state index contributed by atoms with van der Waals surface area (Å²) in [5, 5.41) is 2.71. The molecule has 0 unspecified atom stereocenters. The Morgan fingerprint density at radius 3 is 2.78 bits per heavy atom. The number of halogens is 1. The number of nitrogens with one attached hydrogen (secondary N) is 1. The van der Waals surface area contributed by atoms with Crippen molar-refractivity contribution in [1.29, 1.82) is 0 Å². The van der Waals surface area contributed by atoms with Gasteiger partial charge in [-0.05, 0) is 30.2 Å². The van der Waals surface area contributed by atoms with Crippen molar-refractivity contribution >= 4 is 5.91 Å². The highest BCUT2D eigenvalue weighted by atomic mass is 19.1. The minimum absolute atomic E-state index is 0.0885. The number of carbonyl (C=O) groups excluding carboxylic acids is 1. The lowest BCUT2D eigenvalue weighted by Crippen LogP contribution is -2.26. The summed E-state index contributed by atoms with van der Waals surface area (Å²) >= 11 is 0. The van der Waals surface area contributed by atoms with Gasteiger partial charge in [0, 0.05) is 26.0 Å². The highest BCUT2D eigenvalue weighted by Gasteiger charge is 2.09. The second-order valence-corrected chi connectivity index (χ2v) is 4.17. The molecule has 0 aliphatic rings. The molecule has 1 heterocycles. The van der Waals surface area contributed by atoms with Gasteiger partial charge in [-0.1, -0.05) is 12.1 Å². The van der Waals surface area contributed by atoms with Gasteiger partial charge >= 0.3 is 0 Å². The van der Waals surface area contributed by atoms with Crippen LogP contribution in [0.1, 0.15) is 15.9 Å². The molecule has 0 bridgehead atoms. The topological polar surface area (TPSA) is 34.0 Å². The monoisotopic (exact) mass is 246 g/mol. The van der Waals surface area contributed by atoms with Gasteiger partial charge in [-0.3, -0.25) is 4.79 Å². The average molecular weight is 246 g/mol. The number of aryl methyl sites for hydroxylation is 1. The highest BCUT2D eigenvalue weighted by Crippen LogP contribution is 2.06. The first-order valence-corrected chi connectivity index (χ1v) is 5.80. The van der Waals surface area contributed by atoms with Gasteiger partial charge in [-0.15, -0.1) is 0 Å². The van der Waals surface area contributed by atoms with E-state index in [0.29, 0.717) is 6.54 Å². The molecule has 0 saturated heterocycles. The SMILES string of the molecule is Cn1ccc(CCNC(=O)c2ccccc2F)c1. The molecule has 0 atom stereocenters. The summed E-state index contributed by atoms with van der Waals surface area (Å²) in [5.74, 6) is -0.862. The molecule has 1 N–H and O–H groups in total. The van der Waals surface area contributed by atoms with Crippen molar-refractivity contribution in [2.24, 2.45) is 7.05 Å². The van der Waals surface area contributed by atoms with Crippen molar-refractivity contribution in [1.82, 2.24) is 9.88 Å². The lowest BCUT2D eigenvalue weighted by molar-refractivity contribution is 0.0950. The summed E-state index contributed by atoms with van der Waals surface area (Å²) in [6.07, 6.45) is 4.68. The summed E-state index contributed by atoms with van der Waals surface area (Å²) in [6.45, 7) is 0.497. The Balaban J connectivity index is 1.87. The van der Waals surface area contributed by atoms with Gasteiger partial charge in [0.2, 0.25) is 0 Å². The maximum absolute atomic E-state index is 13.3. The molecule has 0 aliphatic heterocycles. The fourth-order valence-electron chi connectivity index (χ4n) is 1.77. The number of amides is 1. The zero-order valence-corrected chi connectivity index (χ0v) is 10.2. The normalized spacial score (nSPS) is 10.3. The Morgan fingerprint density at radius 2 is 2.11 bits per heavy atom. The number of hydrogen-bond acceptors (Lipinski definition) is 1. The molecular weight excluding hydrogens is 231 g/mol. The van der Waals surface area contributed by atoms with Gasteiger partial charge in [0.1, 0.15) is 5.82 Å². The molecule has 1 aromatic carbocycles. The molecule has 3 nitrogen and oxygen atoms in total. The first kappa shape index (κ1) is 12.4. The number of benzene rings is 1. The van der Waals surface area contributed by atoms with Gasteiger partial charge in [-0.25, -0.2) is 4.39 Å². The first-order chi connectivity index (χ1) is 8.66. The molecule has 1 amide bonds. The molecule has 0 radical (unpaired) electrons. The van der Waals surface area contributed by atoms with Gasteiger partial charge in [-0.2, -0.15) is 0 Å². The summed E-state index contributed by atoms with van der Waals surface area (Å²) < 4.78 is 15.3. The van der Waals surface area contributed by atoms with Crippen LogP contribution in [0.3, 0.4) is 0 Å². The van der Waals surface area contributed by atoms with Crippen LogP contribution < -0.4 is 5.32 Å². The van der Waals surface area contributed by atoms with Crippen molar-refractivity contribution < 1.29 is 9.18 Å². The molecule has 4 heteroatoms. The van der Waals surface area contributed by atoms with E-state index < -0.39 is 5.82 Å². The van der Waals surface area contributed by atoms with Crippen molar-refractivity contribution in [3.8, 4) is 0 Å². The van der Waals surface area contributed by atoms with E-state index in [1.807, 2.05) is 30.1 Å². The van der Waals surface area contributed by atoms with E-state index in [2.05, 4.69) is 5.32 Å². The summed E-state index contributed by atoms with van der Waals surface area (Å²) in [7, 11) is 1.95. The zero-order chi connectivity index (χ0) is 13.0. The second kappa shape index (κ2) is 5.49. The van der Waals surface area contributed by atoms with Crippen molar-refractivity contribution in [3.05, 3.63) is 59.7 Å². The van der Waals surface area contributed by atoms with E-state index in [1.54, 1.807) is 12.1 Å². The van der Waals surface area contributed by atoms with E-state index in [1.165, 1.54) is 12.1 Å². The molecular formula is C14H15FN2O. The van der Waals surface area contributed by atoms with E-state index >= 15 is 0 Å². The molecule has 0 aliphatic carbocycles. The quantitative estimate of drug-likeness (QED) is 0.881. The summed E-state index contributed by atoms with van der Waals surface area (Å²) in [4.78, 5) is 11.7. The van der Waals surface area contributed by atoms with Gasteiger partial charge in [0.05, 0.1) is 5.56 Å². The van der Waals surface area contributed by atoms with Crippen LogP contribution in [0.5, 0.6) is 0 Å². The smallest absolute Gasteiger partial charge is 0.254 e. The molecule has 0 fully saturated rings. The van der Waals surface area contributed by atoms with Crippen molar-refractivity contribution in [2.45, 2.75) is 6.42 Å². The molecule has 0 spiro atoms. The van der Waals surface area contributed by atoms with Gasteiger partial charge in [0.25, 0.3) is 5.91 Å². The average Bonchev–Trinajstić information content (AvgIpc) is 2.75. The Morgan fingerprint density at radius 1 is 1.33 bits per heavy atom. The third-order valence-corrected chi connectivity index (χ3v) is 2.71. The van der Waals surface area contributed by atoms with Gasteiger partial charge in [0.15, 0.2) is 0 Å². The van der Waals surface area contributed by atoms with Crippen molar-refractivity contribution in [3.63, 3.8) is 0 Å². The van der Waals surface area contributed by atoms with Crippen LogP contribution in [0, 0.1) is 5.82 Å². The van der Waals surface area contributed by atoms with Gasteiger partial charge < -0.3 is 9.88 Å². The van der Waals surface area contributed by atoms with E-state index in [-0.39, 0.29) is 11.5 Å². The molecule has 94 valence electrons. The fourth-order valence-corrected chi connectivity index (χ4v) is 1.77. The first-order valence-electron chi connectivity index (χ1n) is 5.80. The largest absolute Gasteiger partial charge is 0.357 e. The van der Waals surface area contributed by atoms with Crippen LogP contribution in [-0.2, 0) is 13.5 Å². The maximum atomic E-state index is 13.3. The molecule has 1 aromatic heterocycles. The van der Waals surface area contributed by atoms with Crippen LogP contribution >= 0.6 is 0 Å². The van der Waals surface area contributed by atoms with Crippen LogP contribution in [0.4, 0.5) is 4.39 Å². The lowest BCUT2D eigenvalue weighted by atomic mass is 10.2. The standard InChI is InChI=1S/C14H15FN2O/c1-17-9-7-11(10-17)6-8-16-14(18)12-4-2-3-5-13(12)15/h2-5,7,9-10H,6,8H2,1H3,(H,16,18). The molecule has 0 saturated carbocycles. The van der Waals surface area contributed by atoms with E-state index in [4.69, 9.17) is 0 Å². The number of hydrogen-bond donors (Lipinski definition) is 1. The fraction of sp³-hybridized carbons (Fsp3) is 0.214. The van der Waals surface area contributed by atoms with E-state index in [0.717, 1.165) is 12.0 Å². The number of carbonyl (C=O) groups is 1. The Bertz CT molecular complexity index is 548. The summed E-state index contributed by atoms with van der Waals surface area (Å²) in [6, 6.07) is 7.97. The van der Waals surface area contributed by atoms with E-state index in [9.17, 15) is 9.18 Å². The minimum Gasteiger partial charge on any atom is -0.357 e. The Labute approximate surface area is 105 Å². The van der Waals surface area contributed by atoms with Crippen LogP contribution in [0.25, 0.3) is 0 Å². The Hall–Kier alpha value is -2.10.